The molecule has 0 saturated heterocycles. The summed E-state index contributed by atoms with van der Waals surface area (Å²) in [5.41, 5.74) is 8.76. The van der Waals surface area contributed by atoms with Crippen LogP contribution >= 0.6 is 34.2 Å². The second kappa shape index (κ2) is 9.47. The van der Waals surface area contributed by atoms with Gasteiger partial charge in [-0.15, -0.1) is 0 Å². The number of urea groups is 1. The van der Waals surface area contributed by atoms with E-state index in [1.165, 1.54) is 6.21 Å². The first-order valence-electron chi connectivity index (χ1n) is 7.42. The molecule has 0 aliphatic rings. The van der Waals surface area contributed by atoms with Crippen LogP contribution < -0.4 is 20.6 Å². The minimum Gasteiger partial charge on any atom is -0.490 e. The SMILES string of the molecule is CCOc1cc(/C=N/NC(N)=O)cc(I)c1OCc1ccccc1Cl. The molecule has 0 saturated carbocycles. The van der Waals surface area contributed by atoms with Gasteiger partial charge in [-0.1, -0.05) is 29.8 Å². The molecular formula is C17H17ClIN3O3. The number of hydrazone groups is 1. The van der Waals surface area contributed by atoms with Crippen molar-refractivity contribution < 1.29 is 14.3 Å². The molecule has 6 nitrogen and oxygen atoms in total. The van der Waals surface area contributed by atoms with Gasteiger partial charge < -0.3 is 15.2 Å². The molecule has 0 radical (unpaired) electrons. The van der Waals surface area contributed by atoms with Gasteiger partial charge in [0.1, 0.15) is 6.61 Å². The van der Waals surface area contributed by atoms with E-state index in [1.807, 2.05) is 37.3 Å². The highest BCUT2D eigenvalue weighted by atomic mass is 127. The number of carbonyl (C=O) groups is 1. The number of rotatable bonds is 7. The second-order valence-corrected chi connectivity index (χ2v) is 6.45. The molecule has 132 valence electrons. The topological polar surface area (TPSA) is 85.9 Å². The lowest BCUT2D eigenvalue weighted by Gasteiger charge is -2.15. The van der Waals surface area contributed by atoms with Crippen LogP contribution in [-0.2, 0) is 6.61 Å². The molecule has 25 heavy (non-hydrogen) atoms. The lowest BCUT2D eigenvalue weighted by atomic mass is 10.2. The molecule has 0 aromatic heterocycles. The molecule has 2 aromatic carbocycles. The van der Waals surface area contributed by atoms with Crippen molar-refractivity contribution in [3.05, 3.63) is 56.1 Å². The maximum absolute atomic E-state index is 10.7. The van der Waals surface area contributed by atoms with Crippen molar-refractivity contribution in [2.45, 2.75) is 13.5 Å². The van der Waals surface area contributed by atoms with Crippen LogP contribution in [0.2, 0.25) is 5.02 Å². The van der Waals surface area contributed by atoms with Gasteiger partial charge in [0.05, 0.1) is 16.4 Å². The lowest BCUT2D eigenvalue weighted by molar-refractivity contribution is 0.249. The lowest BCUT2D eigenvalue weighted by Crippen LogP contribution is -2.24. The summed E-state index contributed by atoms with van der Waals surface area (Å²) < 4.78 is 12.4. The molecule has 0 aliphatic heterocycles. The Morgan fingerprint density at radius 2 is 2.12 bits per heavy atom. The number of nitrogens with one attached hydrogen (secondary N) is 1. The van der Waals surface area contributed by atoms with E-state index in [0.717, 1.165) is 14.7 Å². The van der Waals surface area contributed by atoms with Gasteiger partial charge in [0.2, 0.25) is 0 Å². The number of ether oxygens (including phenoxy) is 2. The molecule has 2 rings (SSSR count). The largest absolute Gasteiger partial charge is 0.490 e. The molecule has 2 aromatic rings. The van der Waals surface area contributed by atoms with Crippen LogP contribution in [-0.4, -0.2) is 18.9 Å². The van der Waals surface area contributed by atoms with Crippen LogP contribution in [0.5, 0.6) is 11.5 Å². The highest BCUT2D eigenvalue weighted by molar-refractivity contribution is 14.1. The van der Waals surface area contributed by atoms with Gasteiger partial charge in [-0.25, -0.2) is 10.2 Å². The Bertz CT molecular complexity index is 784. The van der Waals surface area contributed by atoms with E-state index in [4.69, 9.17) is 26.8 Å². The number of nitrogens with two attached hydrogens (primary N) is 1. The predicted molar refractivity (Wildman–Crippen MR) is 106 cm³/mol. The van der Waals surface area contributed by atoms with Gasteiger partial charge in [0.15, 0.2) is 11.5 Å². The molecule has 0 bridgehead atoms. The summed E-state index contributed by atoms with van der Waals surface area (Å²) in [7, 11) is 0. The third-order valence-electron chi connectivity index (χ3n) is 3.05. The smallest absolute Gasteiger partial charge is 0.332 e. The van der Waals surface area contributed by atoms with E-state index in [-0.39, 0.29) is 0 Å². The number of benzene rings is 2. The molecule has 0 heterocycles. The van der Waals surface area contributed by atoms with Crippen molar-refractivity contribution in [2.24, 2.45) is 10.8 Å². The van der Waals surface area contributed by atoms with E-state index in [9.17, 15) is 4.79 Å². The summed E-state index contributed by atoms with van der Waals surface area (Å²) in [5, 5.41) is 4.40. The summed E-state index contributed by atoms with van der Waals surface area (Å²) >= 11 is 8.32. The molecule has 0 aliphatic carbocycles. The predicted octanol–water partition coefficient (Wildman–Crippen LogP) is 3.92. The van der Waals surface area contributed by atoms with E-state index in [2.05, 4.69) is 33.1 Å². The first-order valence-corrected chi connectivity index (χ1v) is 8.88. The van der Waals surface area contributed by atoms with E-state index in [1.54, 1.807) is 6.07 Å². The summed E-state index contributed by atoms with van der Waals surface area (Å²) in [4.78, 5) is 10.7. The Labute approximate surface area is 164 Å². The normalized spacial score (nSPS) is 10.7. The van der Waals surface area contributed by atoms with E-state index >= 15 is 0 Å². The molecule has 2 amide bonds. The Balaban J connectivity index is 2.23. The van der Waals surface area contributed by atoms with Crippen LogP contribution in [0.3, 0.4) is 0 Å². The van der Waals surface area contributed by atoms with E-state index in [0.29, 0.717) is 29.7 Å². The molecule has 3 N–H and O–H groups in total. The van der Waals surface area contributed by atoms with Gasteiger partial charge in [-0.2, -0.15) is 5.10 Å². The van der Waals surface area contributed by atoms with Crippen LogP contribution in [0, 0.1) is 3.57 Å². The molecule has 0 fully saturated rings. The summed E-state index contributed by atoms with van der Waals surface area (Å²) in [6.45, 7) is 2.70. The second-order valence-electron chi connectivity index (χ2n) is 4.88. The van der Waals surface area contributed by atoms with Crippen molar-refractivity contribution in [2.75, 3.05) is 6.61 Å². The Morgan fingerprint density at radius 3 is 2.80 bits per heavy atom. The van der Waals surface area contributed by atoms with Crippen molar-refractivity contribution in [3.63, 3.8) is 0 Å². The minimum atomic E-state index is -0.726. The molecule has 0 unspecified atom stereocenters. The number of hydrogen-bond acceptors (Lipinski definition) is 4. The average molecular weight is 474 g/mol. The quantitative estimate of drug-likeness (QED) is 0.363. The molecule has 0 spiro atoms. The van der Waals surface area contributed by atoms with Gasteiger partial charge in [0.25, 0.3) is 0 Å². The number of halogens is 2. The first kappa shape index (κ1) is 19.3. The van der Waals surface area contributed by atoms with Gasteiger partial charge in [0, 0.05) is 10.6 Å². The summed E-state index contributed by atoms with van der Waals surface area (Å²) in [6.07, 6.45) is 1.48. The van der Waals surface area contributed by atoms with Crippen molar-refractivity contribution in [3.8, 4) is 11.5 Å². The van der Waals surface area contributed by atoms with Crippen molar-refractivity contribution >= 4 is 46.4 Å². The zero-order chi connectivity index (χ0) is 18.2. The highest BCUT2D eigenvalue weighted by Gasteiger charge is 2.13. The zero-order valence-corrected chi connectivity index (χ0v) is 16.4. The zero-order valence-electron chi connectivity index (χ0n) is 13.5. The fourth-order valence-corrected chi connectivity index (χ4v) is 2.97. The van der Waals surface area contributed by atoms with Crippen LogP contribution in [0.25, 0.3) is 0 Å². The van der Waals surface area contributed by atoms with Crippen LogP contribution in [0.15, 0.2) is 41.5 Å². The molecule has 0 atom stereocenters. The number of primary amides is 1. The molecule has 8 heteroatoms. The van der Waals surface area contributed by atoms with Crippen LogP contribution in [0.4, 0.5) is 4.79 Å². The number of amides is 2. The summed E-state index contributed by atoms with van der Waals surface area (Å²) in [6, 6.07) is 10.4. The standard InChI is InChI=1S/C17H17ClIN3O3/c1-2-24-15-8-11(9-21-22-17(20)23)7-14(19)16(15)25-10-12-5-3-4-6-13(12)18/h3-9H,2,10H2,1H3,(H3,20,22,23)/b21-9+. The monoisotopic (exact) mass is 473 g/mol. The van der Waals surface area contributed by atoms with Crippen molar-refractivity contribution in [1.82, 2.24) is 5.43 Å². The minimum absolute atomic E-state index is 0.326. The van der Waals surface area contributed by atoms with Crippen LogP contribution in [0.1, 0.15) is 18.1 Å². The Hall–Kier alpha value is -2.00. The Morgan fingerprint density at radius 1 is 1.36 bits per heavy atom. The average Bonchev–Trinajstić information content (AvgIpc) is 2.55. The maximum Gasteiger partial charge on any atom is 0.332 e. The number of carbonyl (C=O) groups excluding carboxylic acids is 1. The third kappa shape index (κ3) is 5.79. The number of nitrogens with zero attached hydrogens (tertiary/aromatic N) is 1. The highest BCUT2D eigenvalue weighted by Crippen LogP contribution is 2.35. The van der Waals surface area contributed by atoms with Gasteiger partial charge in [-0.3, -0.25) is 0 Å². The third-order valence-corrected chi connectivity index (χ3v) is 4.22. The maximum atomic E-state index is 10.7. The van der Waals surface area contributed by atoms with E-state index < -0.39 is 6.03 Å². The fourth-order valence-electron chi connectivity index (χ4n) is 2.00. The number of hydrogen-bond donors (Lipinski definition) is 2. The fraction of sp³-hybridized carbons (Fsp3) is 0.176. The van der Waals surface area contributed by atoms with Crippen molar-refractivity contribution in [1.29, 1.82) is 0 Å². The van der Waals surface area contributed by atoms with Gasteiger partial charge in [-0.05, 0) is 53.3 Å². The van der Waals surface area contributed by atoms with Gasteiger partial charge >= 0.3 is 6.03 Å². The molecular weight excluding hydrogens is 457 g/mol. The summed E-state index contributed by atoms with van der Waals surface area (Å²) in [5.74, 6) is 1.21. The Kier molecular flexibility index (Phi) is 7.32. The first-order chi connectivity index (χ1) is 12.0.